The fraction of sp³-hybridized carbons (Fsp3) is 0.350. The molecule has 128 valence electrons. The molecule has 0 heterocycles. The molecule has 4 heteroatoms. The van der Waals surface area contributed by atoms with Crippen molar-refractivity contribution in [3.05, 3.63) is 63.7 Å². The van der Waals surface area contributed by atoms with E-state index in [0.29, 0.717) is 18.8 Å². The van der Waals surface area contributed by atoms with Crippen LogP contribution in [-0.2, 0) is 22.7 Å². The highest BCUT2D eigenvalue weighted by Crippen LogP contribution is 2.24. The van der Waals surface area contributed by atoms with Gasteiger partial charge in [0.1, 0.15) is 5.75 Å². The fourth-order valence-corrected chi connectivity index (χ4v) is 2.67. The van der Waals surface area contributed by atoms with E-state index < -0.39 is 0 Å². The van der Waals surface area contributed by atoms with E-state index >= 15 is 0 Å². The average molecular weight is 328 g/mol. The molecule has 0 bridgehead atoms. The van der Waals surface area contributed by atoms with Crippen molar-refractivity contribution in [3.8, 4) is 5.75 Å². The summed E-state index contributed by atoms with van der Waals surface area (Å²) in [4.78, 5) is 12.1. The molecule has 0 spiro atoms. The van der Waals surface area contributed by atoms with Gasteiger partial charge < -0.3 is 14.2 Å². The van der Waals surface area contributed by atoms with Crippen LogP contribution in [0.4, 0.5) is 0 Å². The Morgan fingerprint density at radius 2 is 1.62 bits per heavy atom. The van der Waals surface area contributed by atoms with E-state index in [2.05, 4.69) is 0 Å². The summed E-state index contributed by atoms with van der Waals surface area (Å²) in [6.45, 7) is 6.83. The first-order valence-electron chi connectivity index (χ1n) is 7.86. The normalized spacial score (nSPS) is 10.5. The van der Waals surface area contributed by atoms with Crippen molar-refractivity contribution in [2.45, 2.75) is 34.0 Å². The van der Waals surface area contributed by atoms with Gasteiger partial charge in [-0.15, -0.1) is 0 Å². The lowest BCUT2D eigenvalue weighted by Gasteiger charge is -2.16. The van der Waals surface area contributed by atoms with Gasteiger partial charge in [0.15, 0.2) is 0 Å². The molecule has 0 atom stereocenters. The number of rotatable bonds is 6. The molecular weight excluding hydrogens is 304 g/mol. The van der Waals surface area contributed by atoms with Gasteiger partial charge in [-0.05, 0) is 60.7 Å². The zero-order valence-electron chi connectivity index (χ0n) is 14.9. The molecule has 0 saturated carbocycles. The predicted octanol–water partition coefficient (Wildman–Crippen LogP) is 4.12. The largest absolute Gasteiger partial charge is 0.497 e. The van der Waals surface area contributed by atoms with Crippen LogP contribution in [0.25, 0.3) is 0 Å². The molecule has 2 rings (SSSR count). The Labute approximate surface area is 143 Å². The van der Waals surface area contributed by atoms with Crippen LogP contribution in [0.5, 0.6) is 5.75 Å². The summed E-state index contributed by atoms with van der Waals surface area (Å²) in [5, 5.41) is 0. The van der Waals surface area contributed by atoms with Crippen molar-refractivity contribution < 1.29 is 19.0 Å². The fourth-order valence-electron chi connectivity index (χ4n) is 2.67. The third kappa shape index (κ3) is 3.95. The maximum absolute atomic E-state index is 12.1. The summed E-state index contributed by atoms with van der Waals surface area (Å²) in [7, 11) is 3.04. The molecule has 0 amide bonds. The lowest BCUT2D eigenvalue weighted by Crippen LogP contribution is -2.11. The highest BCUT2D eigenvalue weighted by Gasteiger charge is 2.18. The molecule has 0 aliphatic rings. The molecule has 0 fully saturated rings. The van der Waals surface area contributed by atoms with E-state index in [1.807, 2.05) is 51.1 Å². The molecule has 2 aromatic rings. The Morgan fingerprint density at radius 3 is 2.21 bits per heavy atom. The van der Waals surface area contributed by atoms with Crippen LogP contribution in [0.3, 0.4) is 0 Å². The van der Waals surface area contributed by atoms with Gasteiger partial charge in [-0.3, -0.25) is 0 Å². The van der Waals surface area contributed by atoms with Gasteiger partial charge >= 0.3 is 5.97 Å². The summed E-state index contributed by atoms with van der Waals surface area (Å²) in [5.41, 5.74) is 5.71. The van der Waals surface area contributed by atoms with Crippen molar-refractivity contribution >= 4 is 5.97 Å². The van der Waals surface area contributed by atoms with Crippen LogP contribution in [0.15, 0.2) is 30.3 Å². The Balaban J connectivity index is 2.15. The maximum Gasteiger partial charge on any atom is 0.338 e. The number of benzene rings is 2. The van der Waals surface area contributed by atoms with E-state index in [9.17, 15) is 4.79 Å². The molecule has 0 aromatic heterocycles. The third-order valence-corrected chi connectivity index (χ3v) is 4.32. The third-order valence-electron chi connectivity index (χ3n) is 4.32. The van der Waals surface area contributed by atoms with Gasteiger partial charge in [0.05, 0.1) is 33.0 Å². The van der Waals surface area contributed by atoms with Crippen LogP contribution in [-0.4, -0.2) is 20.2 Å². The molecule has 0 aliphatic carbocycles. The number of methoxy groups -OCH3 is 2. The number of carbonyl (C=O) groups is 1. The molecular formula is C20H24O4. The van der Waals surface area contributed by atoms with Gasteiger partial charge in [-0.2, -0.15) is 0 Å². The van der Waals surface area contributed by atoms with Gasteiger partial charge in [0.25, 0.3) is 0 Å². The van der Waals surface area contributed by atoms with E-state index in [4.69, 9.17) is 14.2 Å². The lowest BCUT2D eigenvalue weighted by atomic mass is 9.94. The summed E-state index contributed by atoms with van der Waals surface area (Å²) >= 11 is 0. The van der Waals surface area contributed by atoms with Gasteiger partial charge in [0.2, 0.25) is 0 Å². The Bertz CT molecular complexity index is 717. The number of ether oxygens (including phenoxy) is 3. The second kappa shape index (κ2) is 7.97. The van der Waals surface area contributed by atoms with E-state index in [-0.39, 0.29) is 5.97 Å². The Morgan fingerprint density at radius 1 is 0.958 bits per heavy atom. The lowest BCUT2D eigenvalue weighted by molar-refractivity contribution is 0.0589. The van der Waals surface area contributed by atoms with Gasteiger partial charge in [-0.1, -0.05) is 18.2 Å². The Hall–Kier alpha value is -2.33. The molecule has 0 aliphatic heterocycles. The predicted molar refractivity (Wildman–Crippen MR) is 93.5 cm³/mol. The Kier molecular flexibility index (Phi) is 5.99. The van der Waals surface area contributed by atoms with E-state index in [0.717, 1.165) is 33.6 Å². The van der Waals surface area contributed by atoms with Crippen LogP contribution in [0.1, 0.15) is 38.2 Å². The maximum atomic E-state index is 12.1. The quantitative estimate of drug-likeness (QED) is 0.748. The van der Waals surface area contributed by atoms with Crippen LogP contribution < -0.4 is 4.74 Å². The minimum Gasteiger partial charge on any atom is -0.497 e. The van der Waals surface area contributed by atoms with E-state index in [1.165, 1.54) is 7.11 Å². The second-order valence-electron chi connectivity index (χ2n) is 5.81. The summed E-state index contributed by atoms with van der Waals surface area (Å²) in [6, 6.07) is 9.73. The van der Waals surface area contributed by atoms with Gasteiger partial charge in [0, 0.05) is 0 Å². The number of esters is 1. The molecule has 2 aromatic carbocycles. The van der Waals surface area contributed by atoms with Crippen molar-refractivity contribution in [3.63, 3.8) is 0 Å². The zero-order chi connectivity index (χ0) is 17.7. The highest BCUT2D eigenvalue weighted by atomic mass is 16.5. The zero-order valence-corrected chi connectivity index (χ0v) is 14.9. The number of hydrogen-bond acceptors (Lipinski definition) is 4. The molecule has 0 N–H and O–H groups in total. The molecule has 0 unspecified atom stereocenters. The van der Waals surface area contributed by atoms with Crippen LogP contribution in [0, 0.1) is 20.8 Å². The van der Waals surface area contributed by atoms with Crippen molar-refractivity contribution in [2.75, 3.05) is 14.2 Å². The second-order valence-corrected chi connectivity index (χ2v) is 5.81. The smallest absolute Gasteiger partial charge is 0.338 e. The van der Waals surface area contributed by atoms with Gasteiger partial charge in [-0.25, -0.2) is 4.79 Å². The molecule has 0 radical (unpaired) electrons. The summed E-state index contributed by atoms with van der Waals surface area (Å²) < 4.78 is 15.9. The first-order chi connectivity index (χ1) is 11.5. The van der Waals surface area contributed by atoms with Crippen molar-refractivity contribution in [2.24, 2.45) is 0 Å². The average Bonchev–Trinajstić information content (AvgIpc) is 2.60. The van der Waals surface area contributed by atoms with Crippen molar-refractivity contribution in [1.82, 2.24) is 0 Å². The number of carbonyl (C=O) groups excluding carboxylic acids is 1. The number of aryl methyl sites for hydroxylation is 1. The first-order valence-corrected chi connectivity index (χ1v) is 7.86. The summed E-state index contributed by atoms with van der Waals surface area (Å²) in [6.07, 6.45) is 0. The minimum atomic E-state index is -0.321. The molecule has 4 nitrogen and oxygen atoms in total. The van der Waals surface area contributed by atoms with Crippen LogP contribution in [0.2, 0.25) is 0 Å². The molecule has 24 heavy (non-hydrogen) atoms. The minimum absolute atomic E-state index is 0.321. The molecule has 0 saturated heterocycles. The monoisotopic (exact) mass is 328 g/mol. The van der Waals surface area contributed by atoms with Crippen LogP contribution >= 0.6 is 0 Å². The topological polar surface area (TPSA) is 44.8 Å². The standard InChI is InChI=1S/C20H24O4/c1-13-10-17(19(20(21)23-5)15(3)14(13)2)12-24-11-16-6-8-18(22-4)9-7-16/h6-10H,11-12H2,1-5H3. The highest BCUT2D eigenvalue weighted by molar-refractivity contribution is 5.93. The van der Waals surface area contributed by atoms with Crippen molar-refractivity contribution in [1.29, 1.82) is 0 Å². The number of hydrogen-bond donors (Lipinski definition) is 0. The summed E-state index contributed by atoms with van der Waals surface area (Å²) in [5.74, 6) is 0.496. The SMILES string of the molecule is COC(=O)c1c(COCc2ccc(OC)cc2)cc(C)c(C)c1C. The van der Waals surface area contributed by atoms with E-state index in [1.54, 1.807) is 7.11 Å². The first kappa shape index (κ1) is 18.0.